The number of nitrogens with one attached hydrogen (secondary N) is 1. The van der Waals surface area contributed by atoms with Gasteiger partial charge in [-0.1, -0.05) is 5.21 Å². The molecule has 2 aromatic carbocycles. The topological polar surface area (TPSA) is 87.0 Å². The molecule has 1 aliphatic rings. The summed E-state index contributed by atoms with van der Waals surface area (Å²) in [7, 11) is 0. The maximum atomic E-state index is 14.5. The third kappa shape index (κ3) is 3.32. The van der Waals surface area contributed by atoms with E-state index in [1.807, 2.05) is 0 Å². The Kier molecular flexibility index (Phi) is 4.93. The van der Waals surface area contributed by atoms with Gasteiger partial charge in [-0.2, -0.15) is 0 Å². The van der Waals surface area contributed by atoms with E-state index in [0.29, 0.717) is 24.2 Å². The first kappa shape index (κ1) is 20.3. The van der Waals surface area contributed by atoms with Crippen LogP contribution >= 0.6 is 0 Å². The van der Waals surface area contributed by atoms with Crippen LogP contribution in [0.5, 0.6) is 0 Å². The van der Waals surface area contributed by atoms with Gasteiger partial charge in [-0.25, -0.2) is 17.9 Å². The van der Waals surface area contributed by atoms with Crippen LogP contribution in [0.2, 0.25) is 0 Å². The summed E-state index contributed by atoms with van der Waals surface area (Å²) in [6, 6.07) is 7.13. The van der Waals surface area contributed by atoms with Crippen molar-refractivity contribution in [3.63, 3.8) is 0 Å². The van der Waals surface area contributed by atoms with Gasteiger partial charge in [0.05, 0.1) is 35.7 Å². The predicted molar refractivity (Wildman–Crippen MR) is 110 cm³/mol. The number of carbonyl (C=O) groups excluding carboxylic acids is 1. The monoisotopic (exact) mass is 441 g/mol. The van der Waals surface area contributed by atoms with Crippen molar-refractivity contribution in [1.29, 1.82) is 0 Å². The second kappa shape index (κ2) is 7.79. The van der Waals surface area contributed by atoms with Crippen LogP contribution < -0.4 is 0 Å². The highest BCUT2D eigenvalue weighted by Gasteiger charge is 2.31. The average Bonchev–Trinajstić information content (AvgIpc) is 3.51. The number of benzene rings is 2. The van der Waals surface area contributed by atoms with E-state index in [0.717, 1.165) is 18.6 Å². The van der Waals surface area contributed by atoms with Crippen LogP contribution in [0.3, 0.4) is 0 Å². The van der Waals surface area contributed by atoms with Gasteiger partial charge in [0, 0.05) is 23.6 Å². The van der Waals surface area contributed by atoms with Gasteiger partial charge in [0.2, 0.25) is 0 Å². The van der Waals surface area contributed by atoms with Crippen molar-refractivity contribution < 1.29 is 23.1 Å². The first-order valence-electron chi connectivity index (χ1n) is 10.1. The molecule has 2 aromatic heterocycles. The average molecular weight is 441 g/mol. The number of aromatic nitrogens is 4. The first-order valence-corrected chi connectivity index (χ1v) is 10.1. The molecule has 1 aliphatic heterocycles. The van der Waals surface area contributed by atoms with Gasteiger partial charge in [0.15, 0.2) is 5.69 Å². The van der Waals surface area contributed by atoms with Crippen molar-refractivity contribution in [2.45, 2.75) is 18.9 Å². The van der Waals surface area contributed by atoms with Crippen LogP contribution in [0.15, 0.2) is 42.6 Å². The zero-order chi connectivity index (χ0) is 22.4. The van der Waals surface area contributed by atoms with Crippen molar-refractivity contribution in [2.24, 2.45) is 0 Å². The molecule has 0 radical (unpaired) electrons. The fourth-order valence-corrected chi connectivity index (χ4v) is 4.18. The third-order valence-electron chi connectivity index (χ3n) is 5.72. The lowest BCUT2D eigenvalue weighted by molar-refractivity contribution is 0.0671. The van der Waals surface area contributed by atoms with Crippen LogP contribution in [-0.2, 0) is 0 Å². The summed E-state index contributed by atoms with van der Waals surface area (Å²) in [4.78, 5) is 17.4. The minimum Gasteiger partial charge on any atom is -0.394 e. The van der Waals surface area contributed by atoms with E-state index in [2.05, 4.69) is 15.3 Å². The van der Waals surface area contributed by atoms with E-state index in [4.69, 9.17) is 0 Å². The zero-order valence-electron chi connectivity index (χ0n) is 16.7. The number of rotatable bonds is 4. The highest BCUT2D eigenvalue weighted by molar-refractivity contribution is 5.97. The third-order valence-corrected chi connectivity index (χ3v) is 5.72. The maximum absolute atomic E-state index is 14.5. The number of aliphatic hydroxyl groups excluding tert-OH is 1. The SMILES string of the molecule is O=C(c1cn(-c2c(-c3ccc(F)cc3)[nH]c3c(F)cc(F)cc23)nn1)N1CCC[C@H]1CO. The Morgan fingerprint density at radius 3 is 2.69 bits per heavy atom. The van der Waals surface area contributed by atoms with Crippen LogP contribution in [0.4, 0.5) is 13.2 Å². The zero-order valence-corrected chi connectivity index (χ0v) is 16.7. The number of H-pyrrole nitrogens is 1. The number of amides is 1. The van der Waals surface area contributed by atoms with Crippen LogP contribution in [0.25, 0.3) is 27.8 Å². The summed E-state index contributed by atoms with van der Waals surface area (Å²) in [6.07, 6.45) is 2.86. The summed E-state index contributed by atoms with van der Waals surface area (Å²) in [6.45, 7) is 0.358. The molecule has 0 bridgehead atoms. The molecule has 3 heterocycles. The lowest BCUT2D eigenvalue weighted by atomic mass is 10.1. The van der Waals surface area contributed by atoms with Gasteiger partial charge in [-0.15, -0.1) is 5.10 Å². The largest absolute Gasteiger partial charge is 0.394 e. The Morgan fingerprint density at radius 1 is 1.16 bits per heavy atom. The van der Waals surface area contributed by atoms with E-state index in [1.54, 1.807) is 4.90 Å². The molecule has 1 atom stereocenters. The second-order valence-corrected chi connectivity index (χ2v) is 7.69. The molecule has 4 aromatic rings. The molecule has 10 heteroatoms. The smallest absolute Gasteiger partial charge is 0.276 e. The molecule has 1 fully saturated rings. The molecule has 0 unspecified atom stereocenters. The number of fused-ring (bicyclic) bond motifs is 1. The molecular formula is C22H18F3N5O2. The van der Waals surface area contributed by atoms with Crippen molar-refractivity contribution in [1.82, 2.24) is 24.9 Å². The number of halogens is 3. The highest BCUT2D eigenvalue weighted by Crippen LogP contribution is 2.35. The fraction of sp³-hybridized carbons (Fsp3) is 0.227. The normalized spacial score (nSPS) is 16.2. The summed E-state index contributed by atoms with van der Waals surface area (Å²) in [5.41, 5.74) is 1.24. The molecule has 0 spiro atoms. The number of carbonyl (C=O) groups is 1. The van der Waals surface area contributed by atoms with E-state index in [1.165, 1.54) is 35.1 Å². The Hall–Kier alpha value is -3.66. The standard InChI is InChI=1S/C22H18F3N5O2/c23-13-5-3-12(4-6-13)19-21(16-8-14(24)9-17(25)20(16)26-19)30-10-18(27-28-30)22(32)29-7-1-2-15(29)11-31/h3-6,8-10,15,26,31H,1-2,7,11H2/t15-/m0/s1. The molecular weight excluding hydrogens is 423 g/mol. The Bertz CT molecular complexity index is 1320. The van der Waals surface area contributed by atoms with Gasteiger partial charge in [0.25, 0.3) is 5.91 Å². The van der Waals surface area contributed by atoms with E-state index < -0.39 is 17.5 Å². The molecule has 5 rings (SSSR count). The maximum Gasteiger partial charge on any atom is 0.276 e. The van der Waals surface area contributed by atoms with Crippen molar-refractivity contribution in [3.8, 4) is 16.9 Å². The van der Waals surface area contributed by atoms with E-state index in [-0.39, 0.29) is 40.8 Å². The van der Waals surface area contributed by atoms with Gasteiger partial charge in [-0.3, -0.25) is 4.79 Å². The van der Waals surface area contributed by atoms with Gasteiger partial charge in [0.1, 0.15) is 17.5 Å². The van der Waals surface area contributed by atoms with E-state index in [9.17, 15) is 23.1 Å². The van der Waals surface area contributed by atoms with Crippen LogP contribution in [-0.4, -0.2) is 55.1 Å². The Morgan fingerprint density at radius 2 is 1.94 bits per heavy atom. The van der Waals surface area contributed by atoms with Crippen molar-refractivity contribution in [3.05, 3.63) is 65.7 Å². The molecule has 1 amide bonds. The summed E-state index contributed by atoms with van der Waals surface area (Å²) < 4.78 is 43.3. The lowest BCUT2D eigenvalue weighted by Crippen LogP contribution is -2.37. The molecule has 0 aliphatic carbocycles. The molecule has 7 nitrogen and oxygen atoms in total. The van der Waals surface area contributed by atoms with Gasteiger partial charge in [-0.05, 0) is 43.2 Å². The number of aliphatic hydroxyl groups is 1. The number of nitrogens with zero attached hydrogens (tertiary/aromatic N) is 4. The van der Waals surface area contributed by atoms with E-state index >= 15 is 0 Å². The summed E-state index contributed by atoms with van der Waals surface area (Å²) >= 11 is 0. The number of likely N-dealkylation sites (tertiary alicyclic amines) is 1. The quantitative estimate of drug-likeness (QED) is 0.508. The predicted octanol–water partition coefficient (Wildman–Crippen LogP) is 3.43. The molecule has 2 N–H and O–H groups in total. The summed E-state index contributed by atoms with van der Waals surface area (Å²) in [5.74, 6) is -2.40. The van der Waals surface area contributed by atoms with Crippen LogP contribution in [0.1, 0.15) is 23.3 Å². The van der Waals surface area contributed by atoms with Crippen LogP contribution in [0, 0.1) is 17.5 Å². The molecule has 164 valence electrons. The molecule has 0 saturated carbocycles. The number of hydrogen-bond acceptors (Lipinski definition) is 4. The summed E-state index contributed by atoms with van der Waals surface area (Å²) in [5, 5.41) is 17.7. The van der Waals surface area contributed by atoms with Crippen molar-refractivity contribution in [2.75, 3.05) is 13.2 Å². The first-order chi connectivity index (χ1) is 15.5. The minimum absolute atomic E-state index is 0.0432. The minimum atomic E-state index is -0.797. The fourth-order valence-electron chi connectivity index (χ4n) is 4.18. The Balaban J connectivity index is 1.64. The second-order valence-electron chi connectivity index (χ2n) is 7.69. The number of aromatic amines is 1. The number of hydrogen-bond donors (Lipinski definition) is 2. The Labute approximate surface area is 180 Å². The molecule has 32 heavy (non-hydrogen) atoms. The van der Waals surface area contributed by atoms with Gasteiger partial charge < -0.3 is 15.0 Å². The lowest BCUT2D eigenvalue weighted by Gasteiger charge is -2.21. The molecule has 1 saturated heterocycles. The van der Waals surface area contributed by atoms with Gasteiger partial charge >= 0.3 is 0 Å². The highest BCUT2D eigenvalue weighted by atomic mass is 19.1. The van der Waals surface area contributed by atoms with Crippen molar-refractivity contribution >= 4 is 16.8 Å².